The summed E-state index contributed by atoms with van der Waals surface area (Å²) in [6, 6.07) is 0. The van der Waals surface area contributed by atoms with E-state index in [1.807, 2.05) is 12.2 Å². The molecule has 1 nitrogen and oxygen atoms in total. The van der Waals surface area contributed by atoms with E-state index in [0.717, 1.165) is 6.42 Å². The number of ketones is 1. The Morgan fingerprint density at radius 3 is 3.08 bits per heavy atom. The standard InChI is InChI=1S/C10H11ClO/c11-6-9(12)10-7-4-2-1-3-5-8(7)10/h1-4,7-8,10H,5-6H2. The summed E-state index contributed by atoms with van der Waals surface area (Å²) in [7, 11) is 0. The third-order valence-electron chi connectivity index (χ3n) is 2.72. The smallest absolute Gasteiger partial charge is 0.151 e. The zero-order valence-electron chi connectivity index (χ0n) is 6.74. The topological polar surface area (TPSA) is 17.1 Å². The highest BCUT2D eigenvalue weighted by molar-refractivity contribution is 6.28. The van der Waals surface area contributed by atoms with Crippen molar-refractivity contribution < 1.29 is 4.79 Å². The quantitative estimate of drug-likeness (QED) is 0.599. The molecule has 1 fully saturated rings. The Morgan fingerprint density at radius 2 is 2.33 bits per heavy atom. The molecule has 2 rings (SSSR count). The fraction of sp³-hybridized carbons (Fsp3) is 0.500. The lowest BCUT2D eigenvalue weighted by atomic mass is 10.2. The highest BCUT2D eigenvalue weighted by Gasteiger charge is 2.51. The number of halogens is 1. The summed E-state index contributed by atoms with van der Waals surface area (Å²) in [6.45, 7) is 0. The predicted molar refractivity (Wildman–Crippen MR) is 49.1 cm³/mol. The van der Waals surface area contributed by atoms with Crippen molar-refractivity contribution in [1.29, 1.82) is 0 Å². The highest BCUT2D eigenvalue weighted by Crippen LogP contribution is 2.51. The number of carbonyl (C=O) groups is 1. The van der Waals surface area contributed by atoms with Crippen molar-refractivity contribution in [2.45, 2.75) is 6.42 Å². The molecule has 3 unspecified atom stereocenters. The van der Waals surface area contributed by atoms with Gasteiger partial charge in [-0.05, 0) is 18.3 Å². The molecule has 12 heavy (non-hydrogen) atoms. The molecule has 0 aromatic rings. The number of Topliss-reactive ketones (excluding diaryl/α,β-unsaturated/α-hetero) is 1. The molecule has 0 aromatic heterocycles. The van der Waals surface area contributed by atoms with Crippen molar-refractivity contribution in [2.75, 3.05) is 5.88 Å². The summed E-state index contributed by atoms with van der Waals surface area (Å²) in [5, 5.41) is 0. The summed E-state index contributed by atoms with van der Waals surface area (Å²) < 4.78 is 0. The Labute approximate surface area is 77.1 Å². The predicted octanol–water partition coefficient (Wildman–Crippen LogP) is 2.17. The summed E-state index contributed by atoms with van der Waals surface area (Å²) in [5.74, 6) is 1.64. The van der Waals surface area contributed by atoms with Gasteiger partial charge in [0.05, 0.1) is 5.88 Å². The van der Waals surface area contributed by atoms with Crippen molar-refractivity contribution in [1.82, 2.24) is 0 Å². The van der Waals surface area contributed by atoms with Crippen molar-refractivity contribution in [2.24, 2.45) is 17.8 Å². The van der Waals surface area contributed by atoms with Gasteiger partial charge in [0, 0.05) is 5.92 Å². The first-order chi connectivity index (χ1) is 5.84. The first-order valence-corrected chi connectivity index (χ1v) is 4.80. The lowest BCUT2D eigenvalue weighted by Gasteiger charge is -1.91. The molecular weight excluding hydrogens is 172 g/mol. The van der Waals surface area contributed by atoms with Crippen LogP contribution in [0.25, 0.3) is 0 Å². The van der Waals surface area contributed by atoms with Crippen LogP contribution in [0, 0.1) is 17.8 Å². The second kappa shape index (κ2) is 3.06. The highest BCUT2D eigenvalue weighted by atomic mass is 35.5. The summed E-state index contributed by atoms with van der Waals surface area (Å²) in [6.07, 6.45) is 9.37. The van der Waals surface area contributed by atoms with Gasteiger partial charge in [-0.15, -0.1) is 11.6 Å². The van der Waals surface area contributed by atoms with E-state index in [0.29, 0.717) is 11.8 Å². The third kappa shape index (κ3) is 1.22. The molecular formula is C10H11ClO. The van der Waals surface area contributed by atoms with Crippen LogP contribution in [-0.4, -0.2) is 11.7 Å². The van der Waals surface area contributed by atoms with Gasteiger partial charge in [0.2, 0.25) is 0 Å². The van der Waals surface area contributed by atoms with E-state index in [4.69, 9.17) is 11.6 Å². The van der Waals surface area contributed by atoms with Crippen molar-refractivity contribution in [3.63, 3.8) is 0 Å². The molecule has 0 bridgehead atoms. The summed E-state index contributed by atoms with van der Waals surface area (Å²) >= 11 is 5.50. The molecule has 0 N–H and O–H groups in total. The average molecular weight is 183 g/mol. The number of hydrogen-bond acceptors (Lipinski definition) is 1. The maximum absolute atomic E-state index is 11.3. The molecule has 0 aromatic carbocycles. The third-order valence-corrected chi connectivity index (χ3v) is 2.99. The van der Waals surface area contributed by atoms with Gasteiger partial charge in [-0.1, -0.05) is 24.3 Å². The molecule has 0 aliphatic heterocycles. The Bertz CT molecular complexity index is 255. The van der Waals surface area contributed by atoms with Crippen LogP contribution in [0.2, 0.25) is 0 Å². The van der Waals surface area contributed by atoms with Crippen LogP contribution < -0.4 is 0 Å². The van der Waals surface area contributed by atoms with E-state index in [1.165, 1.54) is 0 Å². The van der Waals surface area contributed by atoms with E-state index in [-0.39, 0.29) is 17.6 Å². The lowest BCUT2D eigenvalue weighted by molar-refractivity contribution is -0.118. The van der Waals surface area contributed by atoms with Gasteiger partial charge in [-0.2, -0.15) is 0 Å². The number of fused-ring (bicyclic) bond motifs is 1. The van der Waals surface area contributed by atoms with Gasteiger partial charge in [0.1, 0.15) is 0 Å². The van der Waals surface area contributed by atoms with Gasteiger partial charge in [-0.3, -0.25) is 4.79 Å². The Kier molecular flexibility index (Phi) is 2.05. The first-order valence-electron chi connectivity index (χ1n) is 4.26. The van der Waals surface area contributed by atoms with E-state index in [2.05, 4.69) is 12.2 Å². The van der Waals surface area contributed by atoms with E-state index >= 15 is 0 Å². The monoisotopic (exact) mass is 182 g/mol. The molecule has 2 heteroatoms. The molecule has 64 valence electrons. The largest absolute Gasteiger partial charge is 0.298 e. The fourth-order valence-corrected chi connectivity index (χ4v) is 2.19. The van der Waals surface area contributed by atoms with Crippen molar-refractivity contribution >= 4 is 17.4 Å². The second-order valence-electron chi connectivity index (χ2n) is 3.42. The molecule has 0 heterocycles. The van der Waals surface area contributed by atoms with Crippen LogP contribution in [0.15, 0.2) is 24.3 Å². The van der Waals surface area contributed by atoms with E-state index < -0.39 is 0 Å². The van der Waals surface area contributed by atoms with E-state index in [9.17, 15) is 4.79 Å². The Balaban J connectivity index is 2.04. The van der Waals surface area contributed by atoms with E-state index in [1.54, 1.807) is 0 Å². The van der Waals surface area contributed by atoms with Gasteiger partial charge < -0.3 is 0 Å². The van der Waals surface area contributed by atoms with Crippen LogP contribution >= 0.6 is 11.6 Å². The normalized spacial score (nSPS) is 37.2. The first kappa shape index (κ1) is 8.06. The van der Waals surface area contributed by atoms with Crippen molar-refractivity contribution in [3.05, 3.63) is 24.3 Å². The average Bonchev–Trinajstić information content (AvgIpc) is 2.76. The molecule has 3 atom stereocenters. The summed E-state index contributed by atoms with van der Waals surface area (Å²) in [5.41, 5.74) is 0. The molecule has 2 aliphatic rings. The van der Waals surface area contributed by atoms with Crippen LogP contribution in [0.1, 0.15) is 6.42 Å². The Morgan fingerprint density at radius 1 is 1.50 bits per heavy atom. The minimum absolute atomic E-state index is 0.176. The second-order valence-corrected chi connectivity index (χ2v) is 3.68. The molecule has 2 aliphatic carbocycles. The molecule has 0 radical (unpaired) electrons. The van der Waals surface area contributed by atoms with Gasteiger partial charge in [0.15, 0.2) is 5.78 Å². The van der Waals surface area contributed by atoms with Crippen LogP contribution in [-0.2, 0) is 4.79 Å². The molecule has 0 amide bonds. The molecule has 0 spiro atoms. The van der Waals surface area contributed by atoms with Gasteiger partial charge >= 0.3 is 0 Å². The SMILES string of the molecule is O=C(CCl)C1C2C=CC=CCC21. The minimum Gasteiger partial charge on any atom is -0.298 e. The van der Waals surface area contributed by atoms with Crippen LogP contribution in [0.5, 0.6) is 0 Å². The maximum Gasteiger partial charge on any atom is 0.151 e. The summed E-state index contributed by atoms with van der Waals surface area (Å²) in [4.78, 5) is 11.3. The Hall–Kier alpha value is -0.560. The number of rotatable bonds is 2. The number of carbonyl (C=O) groups excluding carboxylic acids is 1. The fourth-order valence-electron chi connectivity index (χ4n) is 2.02. The minimum atomic E-state index is 0.176. The molecule has 1 saturated carbocycles. The van der Waals surface area contributed by atoms with Crippen LogP contribution in [0.3, 0.4) is 0 Å². The maximum atomic E-state index is 11.3. The van der Waals surface area contributed by atoms with Gasteiger partial charge in [-0.25, -0.2) is 0 Å². The lowest BCUT2D eigenvalue weighted by Crippen LogP contribution is -2.04. The van der Waals surface area contributed by atoms with Crippen LogP contribution in [0.4, 0.5) is 0 Å². The molecule has 0 saturated heterocycles. The number of hydrogen-bond donors (Lipinski definition) is 0. The van der Waals surface area contributed by atoms with Gasteiger partial charge in [0.25, 0.3) is 0 Å². The number of allylic oxidation sites excluding steroid dienone is 4. The zero-order chi connectivity index (χ0) is 8.55. The van der Waals surface area contributed by atoms with Crippen molar-refractivity contribution in [3.8, 4) is 0 Å². The zero-order valence-corrected chi connectivity index (χ0v) is 7.50. The number of alkyl halides is 1.